The molecule has 1 saturated carbocycles. The van der Waals surface area contributed by atoms with Crippen molar-refractivity contribution in [2.45, 2.75) is 24.9 Å². The molecule has 1 aliphatic carbocycles. The summed E-state index contributed by atoms with van der Waals surface area (Å²) in [5.41, 5.74) is 7.11. The van der Waals surface area contributed by atoms with Crippen molar-refractivity contribution < 1.29 is 9.47 Å². The lowest BCUT2D eigenvalue weighted by atomic mass is 10.0. The highest BCUT2D eigenvalue weighted by molar-refractivity contribution is 5.81. The summed E-state index contributed by atoms with van der Waals surface area (Å²) >= 11 is 0. The minimum atomic E-state index is 0.164. The number of benzene rings is 1. The zero-order chi connectivity index (χ0) is 13.4. The van der Waals surface area contributed by atoms with Gasteiger partial charge >= 0.3 is 0 Å². The molecular formula is C14H19N3O2. The Morgan fingerprint density at radius 3 is 2.68 bits per heavy atom. The van der Waals surface area contributed by atoms with Crippen LogP contribution in [0.25, 0.3) is 0 Å². The van der Waals surface area contributed by atoms with Crippen LogP contribution in [0.3, 0.4) is 0 Å². The highest BCUT2D eigenvalue weighted by Gasteiger charge is 2.40. The number of nitrogens with zero attached hydrogens (tertiary/aromatic N) is 2. The van der Waals surface area contributed by atoms with Crippen LogP contribution in [0, 0.1) is 0 Å². The molecule has 0 aromatic heterocycles. The standard InChI is InChI=1S/C14H19N3O2/c1-18-10-5-6-13(19-2)11(7-10)12-8-16-14(15)17(12)9-3-4-9/h5-7,9,12H,3-4,8H2,1-2H3,(H2,15,16). The molecule has 1 atom stereocenters. The smallest absolute Gasteiger partial charge is 0.192 e. The zero-order valence-corrected chi connectivity index (χ0v) is 11.3. The minimum Gasteiger partial charge on any atom is -0.497 e. The van der Waals surface area contributed by atoms with Gasteiger partial charge in [-0.25, -0.2) is 0 Å². The summed E-state index contributed by atoms with van der Waals surface area (Å²) in [5, 5.41) is 0. The number of hydrogen-bond donors (Lipinski definition) is 1. The van der Waals surface area contributed by atoms with Gasteiger partial charge in [-0.05, 0) is 31.0 Å². The molecule has 0 radical (unpaired) electrons. The van der Waals surface area contributed by atoms with E-state index in [1.54, 1.807) is 14.2 Å². The number of guanidine groups is 1. The second kappa shape index (κ2) is 4.64. The fraction of sp³-hybridized carbons (Fsp3) is 0.500. The van der Waals surface area contributed by atoms with E-state index in [1.807, 2.05) is 18.2 Å². The largest absolute Gasteiger partial charge is 0.497 e. The van der Waals surface area contributed by atoms with Crippen molar-refractivity contribution in [1.29, 1.82) is 0 Å². The monoisotopic (exact) mass is 261 g/mol. The van der Waals surface area contributed by atoms with Gasteiger partial charge in [0.15, 0.2) is 5.96 Å². The minimum absolute atomic E-state index is 0.164. The first-order chi connectivity index (χ1) is 9.24. The molecular weight excluding hydrogens is 242 g/mol. The maximum absolute atomic E-state index is 6.01. The molecule has 0 saturated heterocycles. The van der Waals surface area contributed by atoms with E-state index in [0.29, 0.717) is 18.5 Å². The lowest BCUT2D eigenvalue weighted by molar-refractivity contribution is 0.321. The Morgan fingerprint density at radius 1 is 1.26 bits per heavy atom. The van der Waals surface area contributed by atoms with Gasteiger partial charge in [0, 0.05) is 11.6 Å². The molecule has 19 heavy (non-hydrogen) atoms. The number of aliphatic imine (C=N–C) groups is 1. The van der Waals surface area contributed by atoms with Gasteiger partial charge in [0.05, 0.1) is 26.8 Å². The molecule has 1 heterocycles. The maximum atomic E-state index is 6.01. The van der Waals surface area contributed by atoms with Gasteiger partial charge in [0.25, 0.3) is 0 Å². The van der Waals surface area contributed by atoms with Crippen LogP contribution >= 0.6 is 0 Å². The molecule has 1 fully saturated rings. The molecule has 2 aliphatic rings. The second-order valence-electron chi connectivity index (χ2n) is 4.96. The number of ether oxygens (including phenoxy) is 2. The lowest BCUT2D eigenvalue weighted by Crippen LogP contribution is -2.37. The van der Waals surface area contributed by atoms with E-state index in [4.69, 9.17) is 15.2 Å². The lowest BCUT2D eigenvalue weighted by Gasteiger charge is -2.27. The van der Waals surface area contributed by atoms with Crippen molar-refractivity contribution in [3.63, 3.8) is 0 Å². The van der Waals surface area contributed by atoms with E-state index in [2.05, 4.69) is 9.89 Å². The molecule has 2 N–H and O–H groups in total. The highest BCUT2D eigenvalue weighted by atomic mass is 16.5. The third-order valence-electron chi connectivity index (χ3n) is 3.76. The van der Waals surface area contributed by atoms with E-state index in [9.17, 15) is 0 Å². The average Bonchev–Trinajstić information content (AvgIpc) is 3.21. The predicted molar refractivity (Wildman–Crippen MR) is 73.6 cm³/mol. The fourth-order valence-corrected chi connectivity index (χ4v) is 2.65. The fourth-order valence-electron chi connectivity index (χ4n) is 2.65. The van der Waals surface area contributed by atoms with Crippen LogP contribution in [0.2, 0.25) is 0 Å². The quantitative estimate of drug-likeness (QED) is 0.893. The normalized spacial score (nSPS) is 22.3. The molecule has 5 heteroatoms. The van der Waals surface area contributed by atoms with Crippen molar-refractivity contribution >= 4 is 5.96 Å². The zero-order valence-electron chi connectivity index (χ0n) is 11.3. The third kappa shape index (κ3) is 2.09. The van der Waals surface area contributed by atoms with E-state index in [1.165, 1.54) is 12.8 Å². The van der Waals surface area contributed by atoms with Gasteiger partial charge in [0.2, 0.25) is 0 Å². The van der Waals surface area contributed by atoms with Gasteiger partial charge in [-0.3, -0.25) is 4.99 Å². The molecule has 0 bridgehead atoms. The number of methoxy groups -OCH3 is 2. The SMILES string of the molecule is COc1ccc(OC)c(C2CN=C(N)N2C2CC2)c1. The Morgan fingerprint density at radius 2 is 2.05 bits per heavy atom. The summed E-state index contributed by atoms with van der Waals surface area (Å²) in [6.45, 7) is 0.686. The molecule has 1 aliphatic heterocycles. The molecule has 5 nitrogen and oxygen atoms in total. The summed E-state index contributed by atoms with van der Waals surface area (Å²) in [4.78, 5) is 6.61. The Balaban J connectivity index is 1.96. The third-order valence-corrected chi connectivity index (χ3v) is 3.76. The molecule has 0 amide bonds. The average molecular weight is 261 g/mol. The van der Waals surface area contributed by atoms with Crippen LogP contribution < -0.4 is 15.2 Å². The topological polar surface area (TPSA) is 60.1 Å². The molecule has 102 valence electrons. The molecule has 1 unspecified atom stereocenters. The summed E-state index contributed by atoms with van der Waals surface area (Å²) in [6, 6.07) is 6.56. The van der Waals surface area contributed by atoms with E-state index < -0.39 is 0 Å². The summed E-state index contributed by atoms with van der Waals surface area (Å²) in [7, 11) is 3.36. The Kier molecular flexibility index (Phi) is 2.97. The van der Waals surface area contributed by atoms with E-state index in [0.717, 1.165) is 17.1 Å². The molecule has 3 rings (SSSR count). The van der Waals surface area contributed by atoms with Gasteiger partial charge in [-0.1, -0.05) is 0 Å². The van der Waals surface area contributed by atoms with Crippen molar-refractivity contribution in [1.82, 2.24) is 4.90 Å². The van der Waals surface area contributed by atoms with Crippen LogP contribution in [0.5, 0.6) is 11.5 Å². The van der Waals surface area contributed by atoms with Crippen molar-refractivity contribution in [3.8, 4) is 11.5 Å². The van der Waals surface area contributed by atoms with Crippen LogP contribution in [-0.2, 0) is 0 Å². The first-order valence-electron chi connectivity index (χ1n) is 6.54. The summed E-state index contributed by atoms with van der Waals surface area (Å²) in [5.74, 6) is 2.34. The van der Waals surface area contributed by atoms with Gasteiger partial charge < -0.3 is 20.1 Å². The summed E-state index contributed by atoms with van der Waals surface area (Å²) in [6.07, 6.45) is 2.39. The van der Waals surface area contributed by atoms with Crippen molar-refractivity contribution in [2.24, 2.45) is 10.7 Å². The van der Waals surface area contributed by atoms with Crippen LogP contribution in [0.4, 0.5) is 0 Å². The van der Waals surface area contributed by atoms with Gasteiger partial charge in [0.1, 0.15) is 11.5 Å². The van der Waals surface area contributed by atoms with Gasteiger partial charge in [-0.2, -0.15) is 0 Å². The number of nitrogens with two attached hydrogens (primary N) is 1. The van der Waals surface area contributed by atoms with Crippen LogP contribution in [0.15, 0.2) is 23.2 Å². The van der Waals surface area contributed by atoms with Gasteiger partial charge in [-0.15, -0.1) is 0 Å². The Hall–Kier alpha value is -1.91. The number of hydrogen-bond acceptors (Lipinski definition) is 5. The number of rotatable bonds is 4. The molecule has 1 aromatic rings. The van der Waals surface area contributed by atoms with Crippen molar-refractivity contribution in [3.05, 3.63) is 23.8 Å². The Bertz CT molecular complexity index is 511. The van der Waals surface area contributed by atoms with Crippen LogP contribution in [0.1, 0.15) is 24.4 Å². The molecule has 0 spiro atoms. The van der Waals surface area contributed by atoms with Crippen molar-refractivity contribution in [2.75, 3.05) is 20.8 Å². The maximum Gasteiger partial charge on any atom is 0.192 e. The second-order valence-corrected chi connectivity index (χ2v) is 4.96. The first kappa shape index (κ1) is 12.1. The van der Waals surface area contributed by atoms with E-state index in [-0.39, 0.29) is 6.04 Å². The highest BCUT2D eigenvalue weighted by Crippen LogP contribution is 2.40. The predicted octanol–water partition coefficient (Wildman–Crippen LogP) is 1.54. The molecule has 1 aromatic carbocycles. The van der Waals surface area contributed by atoms with Crippen LogP contribution in [-0.4, -0.2) is 37.7 Å². The first-order valence-corrected chi connectivity index (χ1v) is 6.54. The summed E-state index contributed by atoms with van der Waals surface area (Å²) < 4.78 is 10.8. The van der Waals surface area contributed by atoms with E-state index >= 15 is 0 Å². The Labute approximate surface area is 113 Å².